The summed E-state index contributed by atoms with van der Waals surface area (Å²) in [6.45, 7) is 0. The first kappa shape index (κ1) is 8.07. The summed E-state index contributed by atoms with van der Waals surface area (Å²) in [5.41, 5.74) is 6.22. The van der Waals surface area contributed by atoms with E-state index in [-0.39, 0.29) is 5.56 Å². The maximum Gasteiger partial charge on any atom is 0.250 e. The van der Waals surface area contributed by atoms with Crippen LogP contribution in [-0.4, -0.2) is 4.98 Å². The van der Waals surface area contributed by atoms with Crippen LogP contribution < -0.4 is 11.3 Å². The molecular weight excluding hydrogens is 184 g/mol. The van der Waals surface area contributed by atoms with Crippen molar-refractivity contribution in [2.24, 2.45) is 0 Å². The molecule has 0 fully saturated rings. The lowest BCUT2D eigenvalue weighted by Crippen LogP contribution is -2.06. The van der Waals surface area contributed by atoms with Crippen molar-refractivity contribution in [1.82, 2.24) is 4.98 Å². The minimum absolute atomic E-state index is 0.164. The highest BCUT2D eigenvalue weighted by molar-refractivity contribution is 7.13. The fourth-order valence-electron chi connectivity index (χ4n) is 1.15. The van der Waals surface area contributed by atoms with Crippen molar-refractivity contribution in [2.75, 3.05) is 5.73 Å². The Balaban J connectivity index is 2.59. The maximum atomic E-state index is 11.1. The SMILES string of the molecule is Nc1cc(-c2cccs2)cc(=O)[nH]1. The van der Waals surface area contributed by atoms with Gasteiger partial charge in [-0.05, 0) is 17.5 Å². The van der Waals surface area contributed by atoms with Crippen molar-refractivity contribution in [1.29, 1.82) is 0 Å². The van der Waals surface area contributed by atoms with Gasteiger partial charge in [0.15, 0.2) is 0 Å². The highest BCUT2D eigenvalue weighted by Crippen LogP contribution is 2.23. The van der Waals surface area contributed by atoms with E-state index >= 15 is 0 Å². The zero-order valence-corrected chi connectivity index (χ0v) is 7.60. The Hall–Kier alpha value is -1.55. The predicted molar refractivity (Wildman–Crippen MR) is 54.8 cm³/mol. The van der Waals surface area contributed by atoms with Gasteiger partial charge in [0.1, 0.15) is 5.82 Å². The second kappa shape index (κ2) is 3.06. The van der Waals surface area contributed by atoms with E-state index in [1.807, 2.05) is 17.5 Å². The number of nitrogen functional groups attached to an aromatic ring is 1. The third-order valence-corrected chi connectivity index (χ3v) is 2.59. The van der Waals surface area contributed by atoms with Gasteiger partial charge < -0.3 is 10.7 Å². The fraction of sp³-hybridized carbons (Fsp3) is 0. The molecule has 0 saturated carbocycles. The molecule has 2 aromatic rings. The van der Waals surface area contributed by atoms with Gasteiger partial charge in [0.2, 0.25) is 5.56 Å². The van der Waals surface area contributed by atoms with Crippen molar-refractivity contribution in [3.05, 3.63) is 40.0 Å². The molecule has 0 spiro atoms. The molecular formula is C9H8N2OS. The molecule has 0 aliphatic carbocycles. The molecule has 2 rings (SSSR count). The van der Waals surface area contributed by atoms with E-state index in [2.05, 4.69) is 4.98 Å². The number of thiophene rings is 1. The van der Waals surface area contributed by atoms with Crippen molar-refractivity contribution >= 4 is 17.2 Å². The lowest BCUT2D eigenvalue weighted by atomic mass is 10.2. The van der Waals surface area contributed by atoms with Crippen molar-refractivity contribution < 1.29 is 0 Å². The molecule has 4 heteroatoms. The van der Waals surface area contributed by atoms with Crippen LogP contribution in [0.2, 0.25) is 0 Å². The highest BCUT2D eigenvalue weighted by atomic mass is 32.1. The van der Waals surface area contributed by atoms with Gasteiger partial charge in [-0.15, -0.1) is 11.3 Å². The molecule has 0 radical (unpaired) electrons. The van der Waals surface area contributed by atoms with Crippen LogP contribution in [0.1, 0.15) is 0 Å². The van der Waals surface area contributed by atoms with E-state index in [0.717, 1.165) is 10.4 Å². The van der Waals surface area contributed by atoms with Crippen molar-refractivity contribution in [3.8, 4) is 10.4 Å². The summed E-state index contributed by atoms with van der Waals surface area (Å²) < 4.78 is 0. The summed E-state index contributed by atoms with van der Waals surface area (Å²) in [6.07, 6.45) is 0. The number of nitrogens with one attached hydrogen (secondary N) is 1. The first-order valence-corrected chi connectivity index (χ1v) is 4.67. The number of hydrogen-bond acceptors (Lipinski definition) is 3. The van der Waals surface area contributed by atoms with E-state index < -0.39 is 0 Å². The average molecular weight is 192 g/mol. The largest absolute Gasteiger partial charge is 0.385 e. The number of pyridine rings is 1. The van der Waals surface area contributed by atoms with Crippen LogP contribution in [-0.2, 0) is 0 Å². The summed E-state index contributed by atoms with van der Waals surface area (Å²) in [4.78, 5) is 14.6. The molecule has 66 valence electrons. The molecule has 0 saturated heterocycles. The summed E-state index contributed by atoms with van der Waals surface area (Å²) >= 11 is 1.59. The van der Waals surface area contributed by atoms with Gasteiger partial charge in [0.05, 0.1) is 0 Å². The summed E-state index contributed by atoms with van der Waals surface area (Å²) in [5, 5.41) is 1.96. The van der Waals surface area contributed by atoms with E-state index in [1.54, 1.807) is 23.5 Å². The van der Waals surface area contributed by atoms with Gasteiger partial charge in [-0.2, -0.15) is 0 Å². The maximum absolute atomic E-state index is 11.1. The van der Waals surface area contributed by atoms with Crippen LogP contribution in [0.3, 0.4) is 0 Å². The second-order valence-corrected chi connectivity index (χ2v) is 3.61. The molecule has 0 unspecified atom stereocenters. The number of rotatable bonds is 1. The first-order valence-electron chi connectivity index (χ1n) is 3.79. The zero-order valence-electron chi connectivity index (χ0n) is 6.78. The number of anilines is 1. The second-order valence-electron chi connectivity index (χ2n) is 2.67. The average Bonchev–Trinajstić information content (AvgIpc) is 2.53. The third-order valence-electron chi connectivity index (χ3n) is 1.67. The zero-order chi connectivity index (χ0) is 9.26. The molecule has 2 heterocycles. The molecule has 0 aromatic carbocycles. The van der Waals surface area contributed by atoms with Crippen molar-refractivity contribution in [2.45, 2.75) is 0 Å². The molecule has 13 heavy (non-hydrogen) atoms. The molecule has 3 N–H and O–H groups in total. The number of hydrogen-bond donors (Lipinski definition) is 2. The van der Waals surface area contributed by atoms with E-state index in [9.17, 15) is 4.79 Å². The van der Waals surface area contributed by atoms with Crippen LogP contribution in [0.5, 0.6) is 0 Å². The Morgan fingerprint density at radius 2 is 2.23 bits per heavy atom. The quantitative estimate of drug-likeness (QED) is 0.722. The Morgan fingerprint density at radius 1 is 1.38 bits per heavy atom. The highest BCUT2D eigenvalue weighted by Gasteiger charge is 2.00. The minimum atomic E-state index is -0.164. The van der Waals surface area contributed by atoms with Crippen LogP contribution in [0.4, 0.5) is 5.82 Å². The number of aromatic nitrogens is 1. The standard InChI is InChI=1S/C9H8N2OS/c10-8-4-6(5-9(12)11-8)7-2-1-3-13-7/h1-5H,(H3,10,11,12). The molecule has 0 aliphatic rings. The van der Waals surface area contributed by atoms with Gasteiger partial charge in [-0.3, -0.25) is 4.79 Å². The van der Waals surface area contributed by atoms with Gasteiger partial charge in [-0.25, -0.2) is 0 Å². The molecule has 0 aliphatic heterocycles. The van der Waals surface area contributed by atoms with Crippen molar-refractivity contribution in [3.63, 3.8) is 0 Å². The summed E-state index contributed by atoms with van der Waals surface area (Å²) in [6, 6.07) is 7.20. The molecule has 0 amide bonds. The fourth-order valence-corrected chi connectivity index (χ4v) is 1.86. The predicted octanol–water partition coefficient (Wildman–Crippen LogP) is 1.69. The normalized spacial score (nSPS) is 10.2. The lowest BCUT2D eigenvalue weighted by Gasteiger charge is -1.97. The van der Waals surface area contributed by atoms with Crippen LogP contribution in [0.15, 0.2) is 34.4 Å². The summed E-state index contributed by atoms with van der Waals surface area (Å²) in [5.74, 6) is 0.399. The monoisotopic (exact) mass is 192 g/mol. The Labute approximate surface area is 78.8 Å². The van der Waals surface area contributed by atoms with E-state index in [4.69, 9.17) is 5.73 Å². The third kappa shape index (κ3) is 1.62. The Kier molecular flexibility index (Phi) is 1.90. The number of H-pyrrole nitrogens is 1. The molecule has 2 aromatic heterocycles. The van der Waals surface area contributed by atoms with Crippen LogP contribution in [0.25, 0.3) is 10.4 Å². The topological polar surface area (TPSA) is 58.9 Å². The molecule has 3 nitrogen and oxygen atoms in total. The molecule has 0 atom stereocenters. The Bertz CT molecular complexity index is 459. The Morgan fingerprint density at radius 3 is 2.85 bits per heavy atom. The number of aromatic amines is 1. The molecule has 0 bridgehead atoms. The van der Waals surface area contributed by atoms with Crippen LogP contribution >= 0.6 is 11.3 Å². The van der Waals surface area contributed by atoms with Crippen LogP contribution in [0, 0.1) is 0 Å². The summed E-state index contributed by atoms with van der Waals surface area (Å²) in [7, 11) is 0. The lowest BCUT2D eigenvalue weighted by molar-refractivity contribution is 1.25. The van der Waals surface area contributed by atoms with Gasteiger partial charge >= 0.3 is 0 Å². The first-order chi connectivity index (χ1) is 6.25. The smallest absolute Gasteiger partial charge is 0.250 e. The minimum Gasteiger partial charge on any atom is -0.385 e. The number of nitrogens with two attached hydrogens (primary N) is 1. The van der Waals surface area contributed by atoms with Gasteiger partial charge in [-0.1, -0.05) is 6.07 Å². The van der Waals surface area contributed by atoms with E-state index in [1.165, 1.54) is 0 Å². The van der Waals surface area contributed by atoms with Gasteiger partial charge in [0.25, 0.3) is 0 Å². The van der Waals surface area contributed by atoms with Gasteiger partial charge in [0, 0.05) is 16.5 Å². The van der Waals surface area contributed by atoms with E-state index in [0.29, 0.717) is 5.82 Å².